The molecule has 118 valence electrons. The third-order valence-electron chi connectivity index (χ3n) is 3.63. The second-order valence-corrected chi connectivity index (χ2v) is 5.70. The highest BCUT2D eigenvalue weighted by atomic mass is 35.5. The van der Waals surface area contributed by atoms with Crippen LogP contribution in [0, 0.1) is 0 Å². The standard InChI is InChI=1S/C16H15ClN4O2/c17-11-4-1-3-10(7-11)13-8-14(20-9-19-13)16(23)21-15(22)12-5-2-6-18-12/h1,3-4,7-9,12,18H,2,5-6H2,(H,21,22,23)/t12-/m0/s1. The molecule has 23 heavy (non-hydrogen) atoms. The SMILES string of the molecule is O=C(NC(=O)[C@@H]1CCCN1)c1cc(-c2cccc(Cl)c2)ncn1. The van der Waals surface area contributed by atoms with Crippen molar-refractivity contribution in [1.29, 1.82) is 0 Å². The Hall–Kier alpha value is -2.31. The maximum absolute atomic E-state index is 12.2. The Balaban J connectivity index is 1.76. The Kier molecular flexibility index (Phi) is 4.64. The van der Waals surface area contributed by atoms with E-state index in [-0.39, 0.29) is 17.6 Å². The molecule has 6 nitrogen and oxygen atoms in total. The van der Waals surface area contributed by atoms with Crippen molar-refractivity contribution in [3.63, 3.8) is 0 Å². The molecule has 1 atom stereocenters. The van der Waals surface area contributed by atoms with Gasteiger partial charge in [0.05, 0.1) is 11.7 Å². The minimum atomic E-state index is -0.533. The van der Waals surface area contributed by atoms with E-state index in [9.17, 15) is 9.59 Å². The monoisotopic (exact) mass is 330 g/mol. The second kappa shape index (κ2) is 6.85. The molecule has 1 aromatic carbocycles. The fraction of sp³-hybridized carbons (Fsp3) is 0.250. The quantitative estimate of drug-likeness (QED) is 0.838. The molecular weight excluding hydrogens is 316 g/mol. The van der Waals surface area contributed by atoms with E-state index in [1.807, 2.05) is 6.07 Å². The summed E-state index contributed by atoms with van der Waals surface area (Å²) in [7, 11) is 0. The topological polar surface area (TPSA) is 84.0 Å². The maximum Gasteiger partial charge on any atom is 0.276 e. The summed E-state index contributed by atoms with van der Waals surface area (Å²) in [4.78, 5) is 32.2. The molecule has 0 bridgehead atoms. The van der Waals surface area contributed by atoms with E-state index in [2.05, 4.69) is 20.6 Å². The van der Waals surface area contributed by atoms with Gasteiger partial charge in [0.2, 0.25) is 5.91 Å². The van der Waals surface area contributed by atoms with Crippen molar-refractivity contribution in [2.24, 2.45) is 0 Å². The van der Waals surface area contributed by atoms with Crippen LogP contribution in [0.3, 0.4) is 0 Å². The molecule has 0 radical (unpaired) electrons. The summed E-state index contributed by atoms with van der Waals surface area (Å²) in [6.07, 6.45) is 2.96. The van der Waals surface area contributed by atoms with Gasteiger partial charge in [-0.1, -0.05) is 23.7 Å². The van der Waals surface area contributed by atoms with Gasteiger partial charge in [0.1, 0.15) is 12.0 Å². The molecule has 1 aliphatic heterocycles. The number of hydrogen-bond donors (Lipinski definition) is 2. The van der Waals surface area contributed by atoms with Gasteiger partial charge in [0, 0.05) is 10.6 Å². The van der Waals surface area contributed by atoms with Crippen molar-refractivity contribution in [3.8, 4) is 11.3 Å². The van der Waals surface area contributed by atoms with Crippen LogP contribution in [0.25, 0.3) is 11.3 Å². The van der Waals surface area contributed by atoms with E-state index < -0.39 is 5.91 Å². The lowest BCUT2D eigenvalue weighted by atomic mass is 10.1. The lowest BCUT2D eigenvalue weighted by Crippen LogP contribution is -2.43. The van der Waals surface area contributed by atoms with Crippen molar-refractivity contribution >= 4 is 23.4 Å². The van der Waals surface area contributed by atoms with Crippen LogP contribution < -0.4 is 10.6 Å². The van der Waals surface area contributed by atoms with E-state index >= 15 is 0 Å². The number of imide groups is 1. The molecule has 3 rings (SSSR count). The first-order chi connectivity index (χ1) is 11.1. The Morgan fingerprint density at radius 1 is 1.26 bits per heavy atom. The molecule has 7 heteroatoms. The zero-order valence-corrected chi connectivity index (χ0v) is 13.0. The van der Waals surface area contributed by atoms with Crippen LogP contribution in [0.1, 0.15) is 23.3 Å². The summed E-state index contributed by atoms with van der Waals surface area (Å²) in [6, 6.07) is 8.37. The zero-order valence-electron chi connectivity index (χ0n) is 12.3. The van der Waals surface area contributed by atoms with E-state index in [1.54, 1.807) is 18.2 Å². The molecule has 2 heterocycles. The number of nitrogens with zero attached hydrogens (tertiary/aromatic N) is 2. The number of hydrogen-bond acceptors (Lipinski definition) is 5. The average Bonchev–Trinajstić information content (AvgIpc) is 3.09. The predicted molar refractivity (Wildman–Crippen MR) is 86.0 cm³/mol. The third kappa shape index (κ3) is 3.72. The number of halogens is 1. The van der Waals surface area contributed by atoms with Gasteiger partial charge in [-0.15, -0.1) is 0 Å². The first-order valence-electron chi connectivity index (χ1n) is 7.30. The van der Waals surface area contributed by atoms with E-state index in [1.165, 1.54) is 12.4 Å². The van der Waals surface area contributed by atoms with E-state index in [0.717, 1.165) is 24.9 Å². The summed E-state index contributed by atoms with van der Waals surface area (Å²) in [5.74, 6) is -0.857. The Bertz CT molecular complexity index is 744. The van der Waals surface area contributed by atoms with Crippen molar-refractivity contribution in [1.82, 2.24) is 20.6 Å². The van der Waals surface area contributed by atoms with Gasteiger partial charge in [0.25, 0.3) is 5.91 Å². The first-order valence-corrected chi connectivity index (χ1v) is 7.68. The Labute approximate surface area is 138 Å². The van der Waals surface area contributed by atoms with Crippen LogP contribution in [0.2, 0.25) is 5.02 Å². The lowest BCUT2D eigenvalue weighted by molar-refractivity contribution is -0.121. The van der Waals surface area contributed by atoms with E-state index in [4.69, 9.17) is 11.6 Å². The molecule has 1 aromatic heterocycles. The van der Waals surface area contributed by atoms with Gasteiger partial charge in [-0.2, -0.15) is 0 Å². The molecule has 1 fully saturated rings. The van der Waals surface area contributed by atoms with Gasteiger partial charge in [-0.3, -0.25) is 14.9 Å². The fourth-order valence-corrected chi connectivity index (χ4v) is 2.65. The van der Waals surface area contributed by atoms with Crippen molar-refractivity contribution < 1.29 is 9.59 Å². The molecule has 2 aromatic rings. The molecule has 1 saturated heterocycles. The number of carbonyl (C=O) groups is 2. The minimum absolute atomic E-state index is 0.140. The average molecular weight is 331 g/mol. The van der Waals surface area contributed by atoms with Gasteiger partial charge < -0.3 is 5.32 Å². The van der Waals surface area contributed by atoms with Crippen molar-refractivity contribution in [3.05, 3.63) is 47.4 Å². The van der Waals surface area contributed by atoms with Gasteiger partial charge in [-0.25, -0.2) is 9.97 Å². The maximum atomic E-state index is 12.2. The summed E-state index contributed by atoms with van der Waals surface area (Å²) < 4.78 is 0. The molecule has 0 spiro atoms. The molecule has 0 aliphatic carbocycles. The van der Waals surface area contributed by atoms with Crippen LogP contribution in [-0.2, 0) is 4.79 Å². The van der Waals surface area contributed by atoms with Crippen LogP contribution in [-0.4, -0.2) is 34.4 Å². The number of rotatable bonds is 3. The number of aromatic nitrogens is 2. The summed E-state index contributed by atoms with van der Waals surface area (Å²) in [5, 5.41) is 5.99. The molecule has 0 unspecified atom stereocenters. The van der Waals surface area contributed by atoms with Gasteiger partial charge >= 0.3 is 0 Å². The Morgan fingerprint density at radius 2 is 2.13 bits per heavy atom. The highest BCUT2D eigenvalue weighted by Gasteiger charge is 2.24. The van der Waals surface area contributed by atoms with Crippen LogP contribution in [0.5, 0.6) is 0 Å². The normalized spacial score (nSPS) is 17.0. The summed E-state index contributed by atoms with van der Waals surface area (Å²) in [5.41, 5.74) is 1.48. The molecule has 1 aliphatic rings. The van der Waals surface area contributed by atoms with Crippen molar-refractivity contribution in [2.75, 3.05) is 6.54 Å². The summed E-state index contributed by atoms with van der Waals surface area (Å²) >= 11 is 5.96. The zero-order chi connectivity index (χ0) is 16.2. The third-order valence-corrected chi connectivity index (χ3v) is 3.87. The van der Waals surface area contributed by atoms with E-state index in [0.29, 0.717) is 10.7 Å². The number of amides is 2. The molecular formula is C16H15ClN4O2. The van der Waals surface area contributed by atoms with Gasteiger partial charge in [0.15, 0.2) is 0 Å². The smallest absolute Gasteiger partial charge is 0.276 e. The largest absolute Gasteiger partial charge is 0.306 e. The number of nitrogens with one attached hydrogen (secondary N) is 2. The minimum Gasteiger partial charge on any atom is -0.306 e. The molecule has 0 saturated carbocycles. The number of benzene rings is 1. The van der Waals surface area contributed by atoms with Crippen LogP contribution in [0.4, 0.5) is 0 Å². The predicted octanol–water partition coefficient (Wildman–Crippen LogP) is 1.81. The first kappa shape index (κ1) is 15.6. The van der Waals surface area contributed by atoms with Gasteiger partial charge in [-0.05, 0) is 37.6 Å². The summed E-state index contributed by atoms with van der Waals surface area (Å²) in [6.45, 7) is 0.790. The molecule has 2 N–H and O–H groups in total. The number of carbonyl (C=O) groups excluding carboxylic acids is 2. The second-order valence-electron chi connectivity index (χ2n) is 5.27. The highest BCUT2D eigenvalue weighted by Crippen LogP contribution is 2.20. The Morgan fingerprint density at radius 3 is 2.87 bits per heavy atom. The van der Waals surface area contributed by atoms with Crippen LogP contribution >= 0.6 is 11.6 Å². The lowest BCUT2D eigenvalue weighted by Gasteiger charge is -2.10. The van der Waals surface area contributed by atoms with Crippen molar-refractivity contribution in [2.45, 2.75) is 18.9 Å². The highest BCUT2D eigenvalue weighted by molar-refractivity contribution is 6.30. The van der Waals surface area contributed by atoms with Crippen LogP contribution in [0.15, 0.2) is 36.7 Å². The molecule has 2 amide bonds. The fourth-order valence-electron chi connectivity index (χ4n) is 2.46.